The van der Waals surface area contributed by atoms with Gasteiger partial charge in [0.05, 0.1) is 5.69 Å². The average molecular weight is 316 g/mol. The highest BCUT2D eigenvalue weighted by Gasteiger charge is 2.25. The molecule has 0 bridgehead atoms. The standard InChI is InChI=1S/C16H20N4OS/c1-2-14-15(22-18-17-14)16(21)20-10-8-19(9-11-20)12-13-6-4-3-5-7-13/h3-7H,2,8-12H2,1H3. The van der Waals surface area contributed by atoms with E-state index in [1.165, 1.54) is 17.1 Å². The molecule has 0 N–H and O–H groups in total. The van der Waals surface area contributed by atoms with Crippen molar-refractivity contribution in [3.8, 4) is 0 Å². The molecule has 3 rings (SSSR count). The van der Waals surface area contributed by atoms with Gasteiger partial charge in [0.15, 0.2) is 0 Å². The van der Waals surface area contributed by atoms with E-state index in [2.05, 4.69) is 38.8 Å². The summed E-state index contributed by atoms with van der Waals surface area (Å²) in [6, 6.07) is 10.5. The van der Waals surface area contributed by atoms with Crippen LogP contribution in [-0.4, -0.2) is 51.5 Å². The lowest BCUT2D eigenvalue weighted by molar-refractivity contribution is 0.0632. The maximum Gasteiger partial charge on any atom is 0.267 e. The minimum atomic E-state index is 0.0891. The molecule has 5 nitrogen and oxygen atoms in total. The second-order valence-corrected chi connectivity index (χ2v) is 6.21. The molecule has 1 fully saturated rings. The van der Waals surface area contributed by atoms with E-state index in [4.69, 9.17) is 0 Å². The van der Waals surface area contributed by atoms with Crippen molar-refractivity contribution >= 4 is 17.4 Å². The molecule has 0 radical (unpaired) electrons. The summed E-state index contributed by atoms with van der Waals surface area (Å²) in [5, 5.41) is 4.03. The fourth-order valence-corrected chi connectivity index (χ4v) is 3.42. The smallest absolute Gasteiger partial charge is 0.267 e. The number of aromatic nitrogens is 2. The van der Waals surface area contributed by atoms with Gasteiger partial charge in [-0.3, -0.25) is 9.69 Å². The molecule has 22 heavy (non-hydrogen) atoms. The second-order valence-electron chi connectivity index (χ2n) is 5.46. The lowest BCUT2D eigenvalue weighted by Crippen LogP contribution is -2.48. The molecule has 1 amide bonds. The Morgan fingerprint density at radius 2 is 1.91 bits per heavy atom. The number of rotatable bonds is 4. The lowest BCUT2D eigenvalue weighted by atomic mass is 10.2. The van der Waals surface area contributed by atoms with Gasteiger partial charge in [-0.25, -0.2) is 0 Å². The topological polar surface area (TPSA) is 49.3 Å². The van der Waals surface area contributed by atoms with Crippen LogP contribution < -0.4 is 0 Å². The molecular weight excluding hydrogens is 296 g/mol. The summed E-state index contributed by atoms with van der Waals surface area (Å²) in [5.74, 6) is 0.0891. The van der Waals surface area contributed by atoms with Crippen LogP contribution in [0.4, 0.5) is 0 Å². The summed E-state index contributed by atoms with van der Waals surface area (Å²) in [7, 11) is 0. The molecule has 6 heteroatoms. The molecule has 2 aromatic rings. The Morgan fingerprint density at radius 3 is 2.59 bits per heavy atom. The van der Waals surface area contributed by atoms with Crippen LogP contribution in [0.15, 0.2) is 30.3 Å². The number of nitrogens with zero attached hydrogens (tertiary/aromatic N) is 4. The Bertz CT molecular complexity index is 620. The number of hydrogen-bond acceptors (Lipinski definition) is 5. The van der Waals surface area contributed by atoms with E-state index in [0.717, 1.165) is 44.8 Å². The number of hydrogen-bond donors (Lipinski definition) is 0. The first kappa shape index (κ1) is 15.1. The van der Waals surface area contributed by atoms with Gasteiger partial charge in [-0.2, -0.15) is 0 Å². The van der Waals surface area contributed by atoms with E-state index < -0.39 is 0 Å². The summed E-state index contributed by atoms with van der Waals surface area (Å²) >= 11 is 1.21. The van der Waals surface area contributed by atoms with E-state index in [0.29, 0.717) is 4.88 Å². The van der Waals surface area contributed by atoms with Gasteiger partial charge in [-0.05, 0) is 23.5 Å². The summed E-state index contributed by atoms with van der Waals surface area (Å²) < 4.78 is 3.91. The molecule has 1 aromatic carbocycles. The van der Waals surface area contributed by atoms with Crippen LogP contribution >= 0.6 is 11.5 Å². The van der Waals surface area contributed by atoms with E-state index in [1.807, 2.05) is 17.9 Å². The monoisotopic (exact) mass is 316 g/mol. The van der Waals surface area contributed by atoms with Gasteiger partial charge in [0.25, 0.3) is 5.91 Å². The van der Waals surface area contributed by atoms with E-state index in [1.54, 1.807) is 0 Å². The molecule has 0 saturated carbocycles. The quantitative estimate of drug-likeness (QED) is 0.866. The van der Waals surface area contributed by atoms with Gasteiger partial charge in [-0.1, -0.05) is 41.7 Å². The van der Waals surface area contributed by atoms with E-state index in [-0.39, 0.29) is 5.91 Å². The third kappa shape index (κ3) is 3.34. The van der Waals surface area contributed by atoms with Crippen LogP contribution in [0.3, 0.4) is 0 Å². The molecule has 1 aliphatic heterocycles. The van der Waals surface area contributed by atoms with Crippen LogP contribution in [0.1, 0.15) is 27.9 Å². The van der Waals surface area contributed by atoms with Gasteiger partial charge >= 0.3 is 0 Å². The Hall–Kier alpha value is -1.79. The van der Waals surface area contributed by atoms with Gasteiger partial charge in [0.2, 0.25) is 0 Å². The largest absolute Gasteiger partial charge is 0.335 e. The van der Waals surface area contributed by atoms with Crippen molar-refractivity contribution in [3.05, 3.63) is 46.5 Å². The number of amides is 1. The number of piperazine rings is 1. The van der Waals surface area contributed by atoms with Crippen molar-refractivity contribution in [2.24, 2.45) is 0 Å². The maximum atomic E-state index is 12.5. The zero-order chi connectivity index (χ0) is 15.4. The molecule has 1 aliphatic rings. The first-order valence-corrected chi connectivity index (χ1v) is 8.42. The number of carbonyl (C=O) groups excluding carboxylic acids is 1. The number of aryl methyl sites for hydroxylation is 1. The van der Waals surface area contributed by atoms with Gasteiger partial charge in [0, 0.05) is 32.7 Å². The molecule has 0 atom stereocenters. The maximum absolute atomic E-state index is 12.5. The zero-order valence-electron chi connectivity index (χ0n) is 12.7. The average Bonchev–Trinajstić information content (AvgIpc) is 3.04. The summed E-state index contributed by atoms with van der Waals surface area (Å²) in [6.07, 6.45) is 0.756. The molecule has 2 heterocycles. The Labute approximate surface area is 134 Å². The molecular formula is C16H20N4OS. The van der Waals surface area contributed by atoms with Crippen molar-refractivity contribution in [1.29, 1.82) is 0 Å². The van der Waals surface area contributed by atoms with Crippen molar-refractivity contribution in [2.75, 3.05) is 26.2 Å². The first-order chi connectivity index (χ1) is 10.8. The zero-order valence-corrected chi connectivity index (χ0v) is 13.6. The predicted octanol–water partition coefficient (Wildman–Crippen LogP) is 2.06. The lowest BCUT2D eigenvalue weighted by Gasteiger charge is -2.34. The number of benzene rings is 1. The number of carbonyl (C=O) groups is 1. The van der Waals surface area contributed by atoms with Gasteiger partial charge in [0.1, 0.15) is 4.88 Å². The molecule has 0 spiro atoms. The van der Waals surface area contributed by atoms with Crippen LogP contribution in [0.2, 0.25) is 0 Å². The fraction of sp³-hybridized carbons (Fsp3) is 0.438. The highest BCUT2D eigenvalue weighted by Crippen LogP contribution is 2.16. The van der Waals surface area contributed by atoms with Gasteiger partial charge < -0.3 is 4.90 Å². The summed E-state index contributed by atoms with van der Waals surface area (Å²) in [6.45, 7) is 6.32. The highest BCUT2D eigenvalue weighted by atomic mass is 32.1. The Balaban J connectivity index is 1.56. The molecule has 116 valence electrons. The normalized spacial score (nSPS) is 16.0. The SMILES string of the molecule is CCc1nnsc1C(=O)N1CCN(Cc2ccccc2)CC1. The fourth-order valence-electron chi connectivity index (χ4n) is 2.70. The molecule has 1 aromatic heterocycles. The predicted molar refractivity (Wildman–Crippen MR) is 86.9 cm³/mol. The van der Waals surface area contributed by atoms with Crippen molar-refractivity contribution in [3.63, 3.8) is 0 Å². The third-order valence-electron chi connectivity index (χ3n) is 3.99. The molecule has 0 unspecified atom stereocenters. The minimum Gasteiger partial charge on any atom is -0.335 e. The Morgan fingerprint density at radius 1 is 1.18 bits per heavy atom. The minimum absolute atomic E-state index is 0.0891. The third-order valence-corrected chi connectivity index (χ3v) is 4.75. The van der Waals surface area contributed by atoms with Crippen molar-refractivity contribution in [1.82, 2.24) is 19.4 Å². The Kier molecular flexibility index (Phi) is 4.80. The van der Waals surface area contributed by atoms with Crippen molar-refractivity contribution < 1.29 is 4.79 Å². The van der Waals surface area contributed by atoms with Gasteiger partial charge in [-0.15, -0.1) is 5.10 Å². The van der Waals surface area contributed by atoms with E-state index in [9.17, 15) is 4.79 Å². The summed E-state index contributed by atoms with van der Waals surface area (Å²) in [5.41, 5.74) is 2.14. The highest BCUT2D eigenvalue weighted by molar-refractivity contribution is 7.08. The van der Waals surface area contributed by atoms with E-state index >= 15 is 0 Å². The second kappa shape index (κ2) is 6.98. The molecule has 1 saturated heterocycles. The van der Waals surface area contributed by atoms with Crippen molar-refractivity contribution in [2.45, 2.75) is 19.9 Å². The van der Waals surface area contributed by atoms with Crippen LogP contribution in [0.5, 0.6) is 0 Å². The van der Waals surface area contributed by atoms with Crippen LogP contribution in [0, 0.1) is 0 Å². The summed E-state index contributed by atoms with van der Waals surface area (Å²) in [4.78, 5) is 17.6. The van der Waals surface area contributed by atoms with Crippen LogP contribution in [-0.2, 0) is 13.0 Å². The van der Waals surface area contributed by atoms with Crippen LogP contribution in [0.25, 0.3) is 0 Å². The first-order valence-electron chi connectivity index (χ1n) is 7.64. The molecule has 0 aliphatic carbocycles.